The highest BCUT2D eigenvalue weighted by molar-refractivity contribution is 7.94. The molecule has 0 aliphatic carbocycles. The molecule has 2 fully saturated rings. The first-order chi connectivity index (χ1) is 15.6. The summed E-state index contributed by atoms with van der Waals surface area (Å²) in [7, 11) is -6.69. The van der Waals surface area contributed by atoms with Crippen molar-refractivity contribution in [3.05, 3.63) is 42.5 Å². The zero-order valence-electron chi connectivity index (χ0n) is 18.5. The molecule has 2 saturated heterocycles. The van der Waals surface area contributed by atoms with Crippen molar-refractivity contribution in [2.75, 3.05) is 39.9 Å². The number of hydrogen-bond acceptors (Lipinski definition) is 7. The molecule has 2 aliphatic rings. The summed E-state index contributed by atoms with van der Waals surface area (Å²) in [5.41, 5.74) is 1.36. The molecule has 0 bridgehead atoms. The van der Waals surface area contributed by atoms with E-state index in [2.05, 4.69) is 9.62 Å². The van der Waals surface area contributed by atoms with Gasteiger partial charge in [0.2, 0.25) is 15.9 Å². The number of amides is 1. The number of carbonyl (C=O) groups excluding carboxylic acids is 1. The Morgan fingerprint density at radius 2 is 1.64 bits per heavy atom. The van der Waals surface area contributed by atoms with Gasteiger partial charge in [-0.25, -0.2) is 21.1 Å². The van der Waals surface area contributed by atoms with Gasteiger partial charge in [0, 0.05) is 24.5 Å². The van der Waals surface area contributed by atoms with Crippen LogP contribution in [0.1, 0.15) is 26.2 Å². The minimum absolute atomic E-state index is 0.0354. The number of nitrogens with zero attached hydrogens (tertiary/aromatic N) is 2. The first-order valence-electron chi connectivity index (χ1n) is 10.7. The minimum Gasteiger partial charge on any atom is -0.495 e. The van der Waals surface area contributed by atoms with Crippen LogP contribution in [-0.4, -0.2) is 48.7 Å². The molecule has 0 radical (unpaired) electrons. The van der Waals surface area contributed by atoms with Crippen LogP contribution in [0, 0.1) is 5.92 Å². The molecule has 2 aromatic rings. The average molecular weight is 494 g/mol. The monoisotopic (exact) mass is 493 g/mol. The van der Waals surface area contributed by atoms with Crippen LogP contribution in [-0.2, 0) is 24.8 Å². The number of rotatable bonds is 6. The maximum Gasteiger partial charge on any atom is 0.265 e. The minimum atomic E-state index is -4.14. The molecule has 2 aromatic carbocycles. The third-order valence-corrected chi connectivity index (χ3v) is 9.14. The standard InChI is InChI=1S/C22H27N3O6S2/c1-16-15-32(27,28)25(22(16)26)19-10-11-20(31-2)21(14-19)33(29,30)23-17-6-8-18(9-7-17)24-12-4-3-5-13-24/h6-11,14,16,23H,3-5,12-13,15H2,1-2H3. The number of benzene rings is 2. The van der Waals surface area contributed by atoms with Crippen molar-refractivity contribution in [1.29, 1.82) is 0 Å². The van der Waals surface area contributed by atoms with Gasteiger partial charge >= 0.3 is 0 Å². The van der Waals surface area contributed by atoms with Crippen molar-refractivity contribution in [1.82, 2.24) is 0 Å². The number of methoxy groups -OCH3 is 1. The lowest BCUT2D eigenvalue weighted by atomic mass is 10.1. The predicted octanol–water partition coefficient (Wildman–Crippen LogP) is 2.80. The number of carbonyl (C=O) groups is 1. The highest BCUT2D eigenvalue weighted by Crippen LogP contribution is 2.35. The van der Waals surface area contributed by atoms with Crippen molar-refractivity contribution in [2.45, 2.75) is 31.1 Å². The van der Waals surface area contributed by atoms with Gasteiger partial charge in [-0.2, -0.15) is 0 Å². The third-order valence-electron chi connectivity index (χ3n) is 5.87. The SMILES string of the molecule is COc1ccc(N2C(=O)C(C)CS2(=O)=O)cc1S(=O)(=O)Nc1ccc(N2CCCCC2)cc1. The van der Waals surface area contributed by atoms with Crippen LogP contribution in [0.15, 0.2) is 47.4 Å². The molecule has 4 rings (SSSR count). The number of nitrogens with one attached hydrogen (secondary N) is 1. The largest absolute Gasteiger partial charge is 0.495 e. The van der Waals surface area contributed by atoms with E-state index in [1.54, 1.807) is 12.1 Å². The zero-order chi connectivity index (χ0) is 23.8. The smallest absolute Gasteiger partial charge is 0.265 e. The lowest BCUT2D eigenvalue weighted by molar-refractivity contribution is -0.119. The van der Waals surface area contributed by atoms with Gasteiger partial charge in [0.05, 0.1) is 24.5 Å². The average Bonchev–Trinajstić information content (AvgIpc) is 3.00. The van der Waals surface area contributed by atoms with Gasteiger partial charge in [-0.05, 0) is 61.7 Å². The van der Waals surface area contributed by atoms with Gasteiger partial charge in [-0.1, -0.05) is 6.92 Å². The molecular formula is C22H27N3O6S2. The predicted molar refractivity (Wildman–Crippen MR) is 127 cm³/mol. The second-order valence-corrected chi connectivity index (χ2v) is 11.8. The van der Waals surface area contributed by atoms with E-state index in [0.717, 1.165) is 37.7 Å². The highest BCUT2D eigenvalue weighted by atomic mass is 32.2. The molecule has 2 aliphatic heterocycles. The molecular weight excluding hydrogens is 466 g/mol. The summed E-state index contributed by atoms with van der Waals surface area (Å²) in [5.74, 6) is -1.58. The van der Waals surface area contributed by atoms with Crippen LogP contribution in [0.25, 0.3) is 0 Å². The maximum atomic E-state index is 13.2. The van der Waals surface area contributed by atoms with E-state index in [0.29, 0.717) is 9.99 Å². The zero-order valence-corrected chi connectivity index (χ0v) is 20.2. The maximum absolute atomic E-state index is 13.2. The molecule has 1 unspecified atom stereocenters. The van der Waals surface area contributed by atoms with E-state index in [1.807, 2.05) is 12.1 Å². The molecule has 1 atom stereocenters. The number of sulfonamides is 2. The summed E-state index contributed by atoms with van der Waals surface area (Å²) in [5, 5.41) is 0. The van der Waals surface area contributed by atoms with Gasteiger partial charge in [0.15, 0.2) is 0 Å². The van der Waals surface area contributed by atoms with Crippen LogP contribution in [0.4, 0.5) is 17.1 Å². The lowest BCUT2D eigenvalue weighted by Crippen LogP contribution is -2.30. The van der Waals surface area contributed by atoms with Crippen LogP contribution < -0.4 is 18.7 Å². The number of piperidine rings is 1. The Balaban J connectivity index is 1.63. The molecule has 0 saturated carbocycles. The van der Waals surface area contributed by atoms with Crippen LogP contribution >= 0.6 is 0 Å². The normalized spacial score (nSPS) is 20.7. The quantitative estimate of drug-likeness (QED) is 0.658. The van der Waals surface area contributed by atoms with Gasteiger partial charge in [-0.15, -0.1) is 0 Å². The number of hydrogen-bond donors (Lipinski definition) is 1. The Bertz CT molecular complexity index is 1250. The Labute approximate surface area is 194 Å². The second kappa shape index (κ2) is 8.86. The number of anilines is 3. The molecule has 178 valence electrons. The Morgan fingerprint density at radius 1 is 1.00 bits per heavy atom. The van der Waals surface area contributed by atoms with Crippen molar-refractivity contribution >= 4 is 43.0 Å². The summed E-state index contributed by atoms with van der Waals surface area (Å²) in [6.45, 7) is 3.48. The molecule has 33 heavy (non-hydrogen) atoms. The van der Waals surface area contributed by atoms with Crippen molar-refractivity contribution in [3.63, 3.8) is 0 Å². The summed E-state index contributed by atoms with van der Waals surface area (Å²) in [4.78, 5) is 14.4. The van der Waals surface area contributed by atoms with Crippen molar-refractivity contribution in [2.24, 2.45) is 5.92 Å². The first-order valence-corrected chi connectivity index (χ1v) is 13.8. The van der Waals surface area contributed by atoms with Crippen molar-refractivity contribution in [3.8, 4) is 5.75 Å². The van der Waals surface area contributed by atoms with E-state index in [1.165, 1.54) is 32.6 Å². The van der Waals surface area contributed by atoms with Gasteiger partial charge in [0.1, 0.15) is 10.6 Å². The van der Waals surface area contributed by atoms with Gasteiger partial charge in [-0.3, -0.25) is 9.52 Å². The summed E-state index contributed by atoms with van der Waals surface area (Å²) < 4.78 is 59.7. The molecule has 0 spiro atoms. The van der Waals surface area contributed by atoms with Crippen LogP contribution in [0.5, 0.6) is 5.75 Å². The molecule has 9 nitrogen and oxygen atoms in total. The Kier molecular flexibility index (Phi) is 6.28. The second-order valence-electron chi connectivity index (χ2n) is 8.32. The molecule has 11 heteroatoms. The summed E-state index contributed by atoms with van der Waals surface area (Å²) in [6, 6.07) is 11.0. The van der Waals surface area contributed by atoms with Crippen molar-refractivity contribution < 1.29 is 26.4 Å². The van der Waals surface area contributed by atoms with Crippen LogP contribution in [0.2, 0.25) is 0 Å². The van der Waals surface area contributed by atoms with E-state index < -0.39 is 31.9 Å². The Morgan fingerprint density at radius 3 is 2.21 bits per heavy atom. The fourth-order valence-corrected chi connectivity index (χ4v) is 7.25. The molecule has 0 aromatic heterocycles. The van der Waals surface area contributed by atoms with E-state index in [-0.39, 0.29) is 22.1 Å². The fourth-order valence-electron chi connectivity index (χ4n) is 4.19. The molecule has 1 N–H and O–H groups in total. The summed E-state index contributed by atoms with van der Waals surface area (Å²) >= 11 is 0. The van der Waals surface area contributed by atoms with Crippen LogP contribution in [0.3, 0.4) is 0 Å². The number of ether oxygens (including phenoxy) is 1. The van der Waals surface area contributed by atoms with Gasteiger partial charge in [0.25, 0.3) is 10.0 Å². The summed E-state index contributed by atoms with van der Waals surface area (Å²) in [6.07, 6.45) is 3.50. The van der Waals surface area contributed by atoms with Gasteiger partial charge < -0.3 is 9.64 Å². The Hall–Kier alpha value is -2.79. The fraction of sp³-hybridized carbons (Fsp3) is 0.409. The highest BCUT2D eigenvalue weighted by Gasteiger charge is 2.42. The first kappa shape index (κ1) is 23.4. The van der Waals surface area contributed by atoms with E-state index in [9.17, 15) is 21.6 Å². The topological polar surface area (TPSA) is 113 Å². The van der Waals surface area contributed by atoms with E-state index in [4.69, 9.17) is 4.74 Å². The third kappa shape index (κ3) is 4.65. The van der Waals surface area contributed by atoms with E-state index >= 15 is 0 Å². The molecule has 2 heterocycles. The molecule has 1 amide bonds. The lowest BCUT2D eigenvalue weighted by Gasteiger charge is -2.28.